The molecule has 2 N–H and O–H groups in total. The Morgan fingerprint density at radius 3 is 2.67 bits per heavy atom. The number of benzene rings is 1. The van der Waals surface area contributed by atoms with E-state index in [9.17, 15) is 18.0 Å². The van der Waals surface area contributed by atoms with Crippen molar-refractivity contribution in [3.05, 3.63) is 40.9 Å². The number of esters is 1. The predicted molar refractivity (Wildman–Crippen MR) is 115 cm³/mol. The van der Waals surface area contributed by atoms with E-state index in [4.69, 9.17) is 0 Å². The third-order valence-electron chi connectivity index (χ3n) is 4.71. The highest BCUT2D eigenvalue weighted by molar-refractivity contribution is 7.93. The van der Waals surface area contributed by atoms with Gasteiger partial charge in [0.15, 0.2) is 5.13 Å². The molecule has 11 heteroatoms. The molecule has 3 rings (SSSR count). The van der Waals surface area contributed by atoms with E-state index in [0.29, 0.717) is 35.9 Å². The lowest BCUT2D eigenvalue weighted by Crippen LogP contribution is -2.31. The van der Waals surface area contributed by atoms with Crippen LogP contribution >= 0.6 is 11.3 Å². The van der Waals surface area contributed by atoms with Crippen molar-refractivity contribution in [3.63, 3.8) is 0 Å². The molecule has 30 heavy (non-hydrogen) atoms. The summed E-state index contributed by atoms with van der Waals surface area (Å²) < 4.78 is 30.1. The second kappa shape index (κ2) is 9.43. The van der Waals surface area contributed by atoms with Crippen molar-refractivity contribution >= 4 is 44.2 Å². The molecule has 0 bridgehead atoms. The Morgan fingerprint density at radius 1 is 1.30 bits per heavy atom. The third-order valence-corrected chi connectivity index (χ3v) is 7.39. The second-order valence-electron chi connectivity index (χ2n) is 6.87. The molecule has 1 aromatic heterocycles. The lowest BCUT2D eigenvalue weighted by atomic mass is 10.1. The molecule has 162 valence electrons. The van der Waals surface area contributed by atoms with Crippen LogP contribution in [0.5, 0.6) is 0 Å². The highest BCUT2D eigenvalue weighted by Gasteiger charge is 2.28. The van der Waals surface area contributed by atoms with E-state index < -0.39 is 16.1 Å². The van der Waals surface area contributed by atoms with Crippen LogP contribution in [0.1, 0.15) is 37.1 Å². The Morgan fingerprint density at radius 2 is 2.03 bits per heavy atom. The van der Waals surface area contributed by atoms with E-state index in [1.165, 1.54) is 22.8 Å². The Bertz CT molecular complexity index is 1000. The fourth-order valence-electron chi connectivity index (χ4n) is 3.08. The zero-order chi connectivity index (χ0) is 21.7. The summed E-state index contributed by atoms with van der Waals surface area (Å²) >= 11 is 1.28. The molecular weight excluding hydrogens is 428 g/mol. The van der Waals surface area contributed by atoms with E-state index >= 15 is 0 Å². The number of nitrogens with zero attached hydrogens (tertiary/aromatic N) is 2. The minimum atomic E-state index is -3.21. The number of urea groups is 1. The van der Waals surface area contributed by atoms with Crippen LogP contribution in [0.25, 0.3) is 0 Å². The summed E-state index contributed by atoms with van der Waals surface area (Å²) in [7, 11) is -1.88. The number of sulfonamides is 1. The first-order chi connectivity index (χ1) is 14.3. The molecular formula is C19H24N4O5S2. The topological polar surface area (TPSA) is 118 Å². The zero-order valence-electron chi connectivity index (χ0n) is 16.8. The van der Waals surface area contributed by atoms with Gasteiger partial charge in [-0.15, -0.1) is 11.3 Å². The number of ether oxygens (including phenoxy) is 1. The Labute approximate surface area is 179 Å². The lowest BCUT2D eigenvalue weighted by molar-refractivity contribution is -0.140. The van der Waals surface area contributed by atoms with Gasteiger partial charge < -0.3 is 10.1 Å². The number of carbonyl (C=O) groups excluding carboxylic acids is 2. The van der Waals surface area contributed by atoms with Crippen molar-refractivity contribution in [2.24, 2.45) is 0 Å². The van der Waals surface area contributed by atoms with Crippen LogP contribution in [-0.4, -0.2) is 44.8 Å². The number of anilines is 2. The number of nitrogens with one attached hydrogen (secondary N) is 2. The summed E-state index contributed by atoms with van der Waals surface area (Å²) in [5.41, 5.74) is 2.19. The van der Waals surface area contributed by atoms with Gasteiger partial charge >= 0.3 is 12.0 Å². The average Bonchev–Trinajstić information content (AvgIpc) is 3.31. The number of hydrogen-bond acceptors (Lipinski definition) is 7. The highest BCUT2D eigenvalue weighted by atomic mass is 32.2. The van der Waals surface area contributed by atoms with Crippen molar-refractivity contribution in [3.8, 4) is 0 Å². The van der Waals surface area contributed by atoms with Crippen LogP contribution in [0.15, 0.2) is 29.6 Å². The van der Waals surface area contributed by atoms with Crippen molar-refractivity contribution in [2.75, 3.05) is 29.0 Å². The summed E-state index contributed by atoms with van der Waals surface area (Å²) in [5, 5.41) is 7.74. The van der Waals surface area contributed by atoms with Crippen LogP contribution < -0.4 is 14.9 Å². The quantitative estimate of drug-likeness (QED) is 0.624. The van der Waals surface area contributed by atoms with Crippen LogP contribution in [0.3, 0.4) is 0 Å². The number of thiazole rings is 1. The maximum atomic E-state index is 12.3. The normalized spacial score (nSPS) is 16.1. The smallest absolute Gasteiger partial charge is 0.321 e. The Hall–Kier alpha value is -2.66. The van der Waals surface area contributed by atoms with Gasteiger partial charge in [0.25, 0.3) is 0 Å². The molecule has 2 aromatic rings. The molecule has 0 spiro atoms. The second-order valence-corrected chi connectivity index (χ2v) is 9.74. The monoisotopic (exact) mass is 452 g/mol. The molecule has 1 saturated heterocycles. The van der Waals surface area contributed by atoms with Crippen LogP contribution in [0, 0.1) is 0 Å². The minimum Gasteiger partial charge on any atom is -0.469 e. The fraction of sp³-hybridized carbons (Fsp3) is 0.421. The molecule has 1 unspecified atom stereocenters. The molecule has 1 atom stereocenters. The van der Waals surface area contributed by atoms with Gasteiger partial charge in [0.2, 0.25) is 10.0 Å². The number of methoxy groups -OCH3 is 1. The summed E-state index contributed by atoms with van der Waals surface area (Å²) in [6.45, 7) is 2.33. The number of hydrogen-bond donors (Lipinski definition) is 2. The average molecular weight is 453 g/mol. The number of amides is 2. The van der Waals surface area contributed by atoms with Gasteiger partial charge in [0, 0.05) is 18.3 Å². The number of carbonyl (C=O) groups is 2. The maximum Gasteiger partial charge on any atom is 0.321 e. The highest BCUT2D eigenvalue weighted by Crippen LogP contribution is 2.25. The van der Waals surface area contributed by atoms with Crippen LogP contribution in [-0.2, 0) is 26.0 Å². The molecule has 0 saturated carbocycles. The van der Waals surface area contributed by atoms with E-state index in [-0.39, 0.29) is 24.2 Å². The summed E-state index contributed by atoms with van der Waals surface area (Å²) in [6.07, 6.45) is 1.31. The van der Waals surface area contributed by atoms with Crippen molar-refractivity contribution in [1.29, 1.82) is 0 Å². The maximum absolute atomic E-state index is 12.3. The van der Waals surface area contributed by atoms with Gasteiger partial charge in [0.1, 0.15) is 0 Å². The van der Waals surface area contributed by atoms with E-state index in [0.717, 1.165) is 5.56 Å². The molecule has 1 aromatic carbocycles. The molecule has 0 aliphatic carbocycles. The van der Waals surface area contributed by atoms with Gasteiger partial charge in [-0.25, -0.2) is 18.2 Å². The van der Waals surface area contributed by atoms with E-state index in [2.05, 4.69) is 20.4 Å². The SMILES string of the molecule is COC(=O)CCc1csc(NC(=O)NC(C)c2ccc(N3CCCS3(=O)=O)cc2)n1. The zero-order valence-corrected chi connectivity index (χ0v) is 18.4. The largest absolute Gasteiger partial charge is 0.469 e. The van der Waals surface area contributed by atoms with Crippen molar-refractivity contribution in [1.82, 2.24) is 10.3 Å². The molecule has 0 radical (unpaired) electrons. The van der Waals surface area contributed by atoms with E-state index in [1.807, 2.05) is 19.1 Å². The van der Waals surface area contributed by atoms with Crippen molar-refractivity contribution in [2.45, 2.75) is 32.2 Å². The molecule has 2 amide bonds. The van der Waals surface area contributed by atoms with Gasteiger partial charge in [-0.2, -0.15) is 0 Å². The van der Waals surface area contributed by atoms with Gasteiger partial charge in [-0.3, -0.25) is 14.4 Å². The number of rotatable bonds is 7. The van der Waals surface area contributed by atoms with Gasteiger partial charge in [-0.05, 0) is 31.0 Å². The summed E-state index contributed by atoms with van der Waals surface area (Å²) in [5.74, 6) is -0.133. The molecule has 2 heterocycles. The van der Waals surface area contributed by atoms with Gasteiger partial charge in [0.05, 0.1) is 36.7 Å². The third kappa shape index (κ3) is 5.48. The summed E-state index contributed by atoms with van der Waals surface area (Å²) in [4.78, 5) is 27.7. The Balaban J connectivity index is 1.53. The number of aryl methyl sites for hydroxylation is 1. The van der Waals surface area contributed by atoms with Gasteiger partial charge in [-0.1, -0.05) is 12.1 Å². The standard InChI is InChI=1S/C19H24N4O5S2/c1-13(14-4-7-16(8-5-14)23-10-3-11-30(23,26)27)20-18(25)22-19-21-15(12-29-19)6-9-17(24)28-2/h4-5,7-8,12-13H,3,6,9-11H2,1-2H3,(H2,20,21,22,25). The lowest BCUT2D eigenvalue weighted by Gasteiger charge is -2.19. The Kier molecular flexibility index (Phi) is 6.93. The first-order valence-corrected chi connectivity index (χ1v) is 12.0. The van der Waals surface area contributed by atoms with Crippen LogP contribution in [0.4, 0.5) is 15.6 Å². The fourth-order valence-corrected chi connectivity index (χ4v) is 5.39. The molecule has 1 fully saturated rings. The first kappa shape index (κ1) is 22.0. The summed E-state index contributed by atoms with van der Waals surface area (Å²) in [6, 6.07) is 6.44. The van der Waals surface area contributed by atoms with Crippen LogP contribution in [0.2, 0.25) is 0 Å². The molecule has 9 nitrogen and oxygen atoms in total. The van der Waals surface area contributed by atoms with E-state index in [1.54, 1.807) is 17.5 Å². The van der Waals surface area contributed by atoms with Crippen molar-refractivity contribution < 1.29 is 22.7 Å². The number of aromatic nitrogens is 1. The minimum absolute atomic E-state index is 0.175. The molecule has 1 aliphatic rings. The first-order valence-electron chi connectivity index (χ1n) is 9.47. The predicted octanol–water partition coefficient (Wildman–Crippen LogP) is 2.67. The molecule has 1 aliphatic heterocycles.